The molecular formula is C20H20FN3O3. The van der Waals surface area contributed by atoms with E-state index in [2.05, 4.69) is 15.5 Å². The summed E-state index contributed by atoms with van der Waals surface area (Å²) in [6.07, 6.45) is 0. The minimum absolute atomic E-state index is 0.0318. The van der Waals surface area contributed by atoms with E-state index in [0.717, 1.165) is 5.56 Å². The zero-order chi connectivity index (χ0) is 19.4. The average Bonchev–Trinajstić information content (AvgIpc) is 3.16. The van der Waals surface area contributed by atoms with E-state index >= 15 is 0 Å². The normalized spacial score (nSPS) is 12.0. The molecule has 0 aliphatic rings. The van der Waals surface area contributed by atoms with E-state index in [9.17, 15) is 9.18 Å². The Hall–Kier alpha value is -3.22. The molecule has 1 aromatic heterocycles. The van der Waals surface area contributed by atoms with Gasteiger partial charge in [-0.2, -0.15) is 4.98 Å². The Kier molecular flexibility index (Phi) is 5.49. The second kappa shape index (κ2) is 7.99. The highest BCUT2D eigenvalue weighted by atomic mass is 19.1. The second-order valence-electron chi connectivity index (χ2n) is 6.36. The monoisotopic (exact) mass is 369 g/mol. The van der Waals surface area contributed by atoms with Crippen LogP contribution in [0.3, 0.4) is 0 Å². The van der Waals surface area contributed by atoms with E-state index in [1.807, 2.05) is 32.0 Å². The molecule has 1 N–H and O–H groups in total. The first-order valence-electron chi connectivity index (χ1n) is 8.53. The number of hydrogen-bond donors (Lipinski definition) is 1. The Morgan fingerprint density at radius 3 is 2.67 bits per heavy atom. The summed E-state index contributed by atoms with van der Waals surface area (Å²) in [6, 6.07) is 12.5. The number of methoxy groups -OCH3 is 1. The van der Waals surface area contributed by atoms with Gasteiger partial charge in [-0.15, -0.1) is 0 Å². The average molecular weight is 369 g/mol. The minimum atomic E-state index is -0.583. The zero-order valence-corrected chi connectivity index (χ0v) is 15.3. The van der Waals surface area contributed by atoms with Gasteiger partial charge in [0.15, 0.2) is 0 Å². The summed E-state index contributed by atoms with van der Waals surface area (Å²) in [7, 11) is 1.58. The number of rotatable bonds is 6. The van der Waals surface area contributed by atoms with Gasteiger partial charge in [-0.3, -0.25) is 4.79 Å². The molecule has 0 radical (unpaired) electrons. The van der Waals surface area contributed by atoms with Crippen LogP contribution in [0, 0.1) is 11.7 Å². The largest absolute Gasteiger partial charge is 0.497 e. The van der Waals surface area contributed by atoms with Crippen molar-refractivity contribution in [3.63, 3.8) is 0 Å². The van der Waals surface area contributed by atoms with Crippen molar-refractivity contribution in [2.75, 3.05) is 7.11 Å². The van der Waals surface area contributed by atoms with Gasteiger partial charge in [0.25, 0.3) is 5.91 Å². The van der Waals surface area contributed by atoms with Crippen molar-refractivity contribution in [1.29, 1.82) is 0 Å². The number of benzene rings is 2. The predicted molar refractivity (Wildman–Crippen MR) is 97.7 cm³/mol. The molecule has 0 spiro atoms. The van der Waals surface area contributed by atoms with E-state index < -0.39 is 17.8 Å². The van der Waals surface area contributed by atoms with Crippen LogP contribution in [-0.4, -0.2) is 23.2 Å². The maximum absolute atomic E-state index is 13.9. The summed E-state index contributed by atoms with van der Waals surface area (Å²) < 4.78 is 24.4. The quantitative estimate of drug-likeness (QED) is 0.710. The van der Waals surface area contributed by atoms with Crippen LogP contribution in [0.25, 0.3) is 11.4 Å². The van der Waals surface area contributed by atoms with Crippen LogP contribution in [-0.2, 0) is 0 Å². The van der Waals surface area contributed by atoms with Gasteiger partial charge in [-0.1, -0.05) is 43.3 Å². The molecule has 7 heteroatoms. The number of amides is 1. The van der Waals surface area contributed by atoms with Gasteiger partial charge in [-0.25, -0.2) is 4.39 Å². The Morgan fingerprint density at radius 2 is 1.96 bits per heavy atom. The third-order valence-corrected chi connectivity index (χ3v) is 4.11. The third kappa shape index (κ3) is 4.13. The lowest BCUT2D eigenvalue weighted by Crippen LogP contribution is -2.32. The van der Waals surface area contributed by atoms with Crippen LogP contribution in [0.4, 0.5) is 4.39 Å². The highest BCUT2D eigenvalue weighted by molar-refractivity contribution is 5.94. The molecule has 27 heavy (non-hydrogen) atoms. The van der Waals surface area contributed by atoms with E-state index in [4.69, 9.17) is 9.26 Å². The summed E-state index contributed by atoms with van der Waals surface area (Å²) in [5.74, 6) is 0.154. The third-order valence-electron chi connectivity index (χ3n) is 4.11. The fraction of sp³-hybridized carbons (Fsp3) is 0.250. The predicted octanol–water partition coefficient (Wildman–Crippen LogP) is 4.01. The van der Waals surface area contributed by atoms with Gasteiger partial charge in [0.05, 0.1) is 12.7 Å². The van der Waals surface area contributed by atoms with Crippen LogP contribution in [0.1, 0.15) is 36.1 Å². The van der Waals surface area contributed by atoms with Crippen LogP contribution in [0.5, 0.6) is 5.75 Å². The number of hydrogen-bond acceptors (Lipinski definition) is 5. The van der Waals surface area contributed by atoms with Crippen molar-refractivity contribution in [3.05, 3.63) is 65.8 Å². The van der Waals surface area contributed by atoms with Gasteiger partial charge in [0.2, 0.25) is 11.7 Å². The maximum Gasteiger partial charge on any atom is 0.254 e. The maximum atomic E-state index is 13.9. The molecule has 3 rings (SSSR count). The number of nitrogens with zero attached hydrogens (tertiary/aromatic N) is 2. The number of carbonyl (C=O) groups is 1. The molecule has 0 bridgehead atoms. The highest BCUT2D eigenvalue weighted by Gasteiger charge is 2.26. The van der Waals surface area contributed by atoms with Crippen molar-refractivity contribution >= 4 is 5.91 Å². The van der Waals surface area contributed by atoms with Gasteiger partial charge in [-0.05, 0) is 30.2 Å². The first-order valence-corrected chi connectivity index (χ1v) is 8.53. The molecule has 2 aromatic carbocycles. The Balaban J connectivity index is 1.85. The lowest BCUT2D eigenvalue weighted by atomic mass is 10.0. The SMILES string of the molecule is COc1cccc(-c2noc(C(NC(=O)c3ccccc3F)C(C)C)n2)c1. The summed E-state index contributed by atoms with van der Waals surface area (Å²) in [5.41, 5.74) is 0.697. The molecular weight excluding hydrogens is 349 g/mol. The summed E-state index contributed by atoms with van der Waals surface area (Å²) >= 11 is 0. The molecule has 1 amide bonds. The van der Waals surface area contributed by atoms with Crippen LogP contribution in [0.15, 0.2) is 53.1 Å². The molecule has 0 saturated heterocycles. The van der Waals surface area contributed by atoms with Gasteiger partial charge < -0.3 is 14.6 Å². The number of carbonyl (C=O) groups excluding carboxylic acids is 1. The number of nitrogens with one attached hydrogen (secondary N) is 1. The Morgan fingerprint density at radius 1 is 1.19 bits per heavy atom. The number of aromatic nitrogens is 2. The molecule has 140 valence electrons. The molecule has 0 fully saturated rings. The van der Waals surface area contributed by atoms with E-state index in [-0.39, 0.29) is 17.4 Å². The highest BCUT2D eigenvalue weighted by Crippen LogP contribution is 2.26. The van der Waals surface area contributed by atoms with Crippen LogP contribution in [0.2, 0.25) is 0 Å². The fourth-order valence-corrected chi connectivity index (χ4v) is 2.62. The first-order chi connectivity index (χ1) is 13.0. The Bertz CT molecular complexity index is 939. The van der Waals surface area contributed by atoms with Crippen molar-refractivity contribution in [3.8, 4) is 17.1 Å². The fourth-order valence-electron chi connectivity index (χ4n) is 2.62. The molecule has 3 aromatic rings. The lowest BCUT2D eigenvalue weighted by molar-refractivity contribution is 0.0910. The number of halogens is 1. The van der Waals surface area contributed by atoms with E-state index in [0.29, 0.717) is 11.6 Å². The van der Waals surface area contributed by atoms with Crippen LogP contribution >= 0.6 is 0 Å². The van der Waals surface area contributed by atoms with Gasteiger partial charge in [0.1, 0.15) is 17.6 Å². The first kappa shape index (κ1) is 18.6. The van der Waals surface area contributed by atoms with Gasteiger partial charge in [0, 0.05) is 5.56 Å². The molecule has 0 saturated carbocycles. The minimum Gasteiger partial charge on any atom is -0.497 e. The lowest BCUT2D eigenvalue weighted by Gasteiger charge is -2.18. The summed E-state index contributed by atoms with van der Waals surface area (Å²) in [6.45, 7) is 3.81. The van der Waals surface area contributed by atoms with Gasteiger partial charge >= 0.3 is 0 Å². The smallest absolute Gasteiger partial charge is 0.254 e. The molecule has 6 nitrogen and oxygen atoms in total. The molecule has 1 heterocycles. The molecule has 1 unspecified atom stereocenters. The van der Waals surface area contributed by atoms with E-state index in [1.165, 1.54) is 18.2 Å². The van der Waals surface area contributed by atoms with Crippen LogP contribution < -0.4 is 10.1 Å². The van der Waals surface area contributed by atoms with E-state index in [1.54, 1.807) is 19.2 Å². The standard InChI is InChI=1S/C20H20FN3O3/c1-12(2)17(22-19(25)15-9-4-5-10-16(15)21)20-23-18(24-27-20)13-7-6-8-14(11-13)26-3/h4-12,17H,1-3H3,(H,22,25). The molecule has 0 aliphatic carbocycles. The second-order valence-corrected chi connectivity index (χ2v) is 6.36. The van der Waals surface area contributed by atoms with Crippen molar-refractivity contribution in [2.24, 2.45) is 5.92 Å². The summed E-state index contributed by atoms with van der Waals surface area (Å²) in [5, 5.41) is 6.77. The topological polar surface area (TPSA) is 77.3 Å². The van der Waals surface area contributed by atoms with Crippen molar-refractivity contribution < 1.29 is 18.4 Å². The molecule has 1 atom stereocenters. The summed E-state index contributed by atoms with van der Waals surface area (Å²) in [4.78, 5) is 16.9. The van der Waals surface area contributed by atoms with Crippen molar-refractivity contribution in [1.82, 2.24) is 15.5 Å². The number of ether oxygens (including phenoxy) is 1. The van der Waals surface area contributed by atoms with Crippen molar-refractivity contribution in [2.45, 2.75) is 19.9 Å². The zero-order valence-electron chi connectivity index (χ0n) is 15.3. The molecule has 0 aliphatic heterocycles. The Labute approximate surface area is 156 Å².